The third kappa shape index (κ3) is 2.50. The highest BCUT2D eigenvalue weighted by molar-refractivity contribution is 5.43. The van der Waals surface area contributed by atoms with Crippen LogP contribution in [0.5, 0.6) is 0 Å². The summed E-state index contributed by atoms with van der Waals surface area (Å²) in [5, 5.41) is 9.06. The van der Waals surface area contributed by atoms with Crippen LogP contribution >= 0.6 is 0 Å². The average Bonchev–Trinajstić information content (AvgIpc) is 2.39. The van der Waals surface area contributed by atoms with E-state index >= 15 is 0 Å². The Morgan fingerprint density at radius 1 is 1.35 bits per heavy atom. The van der Waals surface area contributed by atoms with Gasteiger partial charge in [0.05, 0.1) is 11.6 Å². The molecule has 0 amide bonds. The van der Waals surface area contributed by atoms with Gasteiger partial charge < -0.3 is 4.90 Å². The summed E-state index contributed by atoms with van der Waals surface area (Å²) in [7, 11) is 0. The SMILES string of the molecule is CCN1CCC(c2cccc(C#N)c2C)CC1. The summed E-state index contributed by atoms with van der Waals surface area (Å²) in [6.07, 6.45) is 2.45. The molecule has 1 aromatic carbocycles. The predicted molar refractivity (Wildman–Crippen MR) is 70.0 cm³/mol. The molecular weight excluding hydrogens is 208 g/mol. The Morgan fingerprint density at radius 2 is 2.06 bits per heavy atom. The van der Waals surface area contributed by atoms with Gasteiger partial charge in [0.2, 0.25) is 0 Å². The molecule has 0 radical (unpaired) electrons. The molecule has 0 aromatic heterocycles. The first-order valence-electron chi connectivity index (χ1n) is 6.48. The van der Waals surface area contributed by atoms with Crippen LogP contribution in [-0.4, -0.2) is 24.5 Å². The van der Waals surface area contributed by atoms with Crippen LogP contribution in [0.2, 0.25) is 0 Å². The van der Waals surface area contributed by atoms with Crippen molar-refractivity contribution >= 4 is 0 Å². The molecule has 1 saturated heterocycles. The normalized spacial score (nSPS) is 17.9. The maximum Gasteiger partial charge on any atom is 0.0994 e. The zero-order valence-electron chi connectivity index (χ0n) is 10.7. The number of hydrogen-bond acceptors (Lipinski definition) is 2. The quantitative estimate of drug-likeness (QED) is 0.778. The van der Waals surface area contributed by atoms with Gasteiger partial charge in [0, 0.05) is 0 Å². The maximum atomic E-state index is 9.06. The molecule has 1 heterocycles. The van der Waals surface area contributed by atoms with Crippen molar-refractivity contribution in [3.63, 3.8) is 0 Å². The molecule has 1 aromatic rings. The Morgan fingerprint density at radius 3 is 2.65 bits per heavy atom. The lowest BCUT2D eigenvalue weighted by Gasteiger charge is -2.32. The number of nitrogens with zero attached hydrogens (tertiary/aromatic N) is 2. The molecule has 0 aliphatic carbocycles. The lowest BCUT2D eigenvalue weighted by Crippen LogP contribution is -2.32. The topological polar surface area (TPSA) is 27.0 Å². The zero-order valence-corrected chi connectivity index (χ0v) is 10.7. The monoisotopic (exact) mass is 228 g/mol. The molecule has 1 aliphatic rings. The summed E-state index contributed by atoms with van der Waals surface area (Å²) < 4.78 is 0. The van der Waals surface area contributed by atoms with Gasteiger partial charge in [-0.25, -0.2) is 0 Å². The Labute approximate surface area is 104 Å². The molecule has 17 heavy (non-hydrogen) atoms. The molecule has 1 aliphatic heterocycles. The van der Waals surface area contributed by atoms with Crippen LogP contribution in [0.25, 0.3) is 0 Å². The van der Waals surface area contributed by atoms with Crippen LogP contribution < -0.4 is 0 Å². The molecule has 2 rings (SSSR count). The summed E-state index contributed by atoms with van der Waals surface area (Å²) in [4.78, 5) is 2.50. The van der Waals surface area contributed by atoms with E-state index in [0.29, 0.717) is 5.92 Å². The molecule has 0 N–H and O–H groups in total. The van der Waals surface area contributed by atoms with E-state index in [1.807, 2.05) is 12.1 Å². The van der Waals surface area contributed by atoms with Crippen LogP contribution in [0, 0.1) is 18.3 Å². The molecule has 0 bridgehead atoms. The highest BCUT2D eigenvalue weighted by Gasteiger charge is 2.21. The third-order valence-corrected chi connectivity index (χ3v) is 3.97. The third-order valence-electron chi connectivity index (χ3n) is 3.97. The van der Waals surface area contributed by atoms with Gasteiger partial charge in [-0.15, -0.1) is 0 Å². The number of benzene rings is 1. The molecule has 0 spiro atoms. The van der Waals surface area contributed by atoms with Crippen molar-refractivity contribution in [1.29, 1.82) is 5.26 Å². The van der Waals surface area contributed by atoms with Crippen LogP contribution in [0.3, 0.4) is 0 Å². The standard InChI is InChI=1S/C15H20N2/c1-3-17-9-7-13(8-10-17)15-6-4-5-14(11-16)12(15)2/h4-6,13H,3,7-10H2,1-2H3. The van der Waals surface area contributed by atoms with Crippen molar-refractivity contribution in [3.05, 3.63) is 34.9 Å². The lowest BCUT2D eigenvalue weighted by molar-refractivity contribution is 0.222. The largest absolute Gasteiger partial charge is 0.304 e. The lowest BCUT2D eigenvalue weighted by atomic mass is 9.85. The number of piperidine rings is 1. The number of rotatable bonds is 2. The minimum Gasteiger partial charge on any atom is -0.304 e. The van der Waals surface area contributed by atoms with Crippen molar-refractivity contribution in [1.82, 2.24) is 4.90 Å². The fourth-order valence-electron chi connectivity index (χ4n) is 2.78. The molecule has 2 nitrogen and oxygen atoms in total. The molecule has 90 valence electrons. The fourth-order valence-corrected chi connectivity index (χ4v) is 2.78. The van der Waals surface area contributed by atoms with Gasteiger partial charge in [-0.05, 0) is 62.5 Å². The Kier molecular flexibility index (Phi) is 3.81. The van der Waals surface area contributed by atoms with Gasteiger partial charge in [-0.1, -0.05) is 19.1 Å². The van der Waals surface area contributed by atoms with E-state index in [0.717, 1.165) is 12.1 Å². The number of nitriles is 1. The van der Waals surface area contributed by atoms with Crippen LogP contribution in [-0.2, 0) is 0 Å². The van der Waals surface area contributed by atoms with Gasteiger partial charge >= 0.3 is 0 Å². The minimum absolute atomic E-state index is 0.645. The highest BCUT2D eigenvalue weighted by atomic mass is 15.1. The van der Waals surface area contributed by atoms with E-state index in [9.17, 15) is 0 Å². The first-order chi connectivity index (χ1) is 8.26. The second kappa shape index (κ2) is 5.33. The van der Waals surface area contributed by atoms with Gasteiger partial charge in [0.1, 0.15) is 0 Å². The van der Waals surface area contributed by atoms with Crippen LogP contribution in [0.15, 0.2) is 18.2 Å². The Balaban J connectivity index is 2.16. The van der Waals surface area contributed by atoms with Crippen molar-refractivity contribution < 1.29 is 0 Å². The molecule has 0 saturated carbocycles. The van der Waals surface area contributed by atoms with Gasteiger partial charge in [-0.2, -0.15) is 5.26 Å². The van der Waals surface area contributed by atoms with E-state index in [1.165, 1.54) is 37.1 Å². The maximum absolute atomic E-state index is 9.06. The van der Waals surface area contributed by atoms with Crippen LogP contribution in [0.4, 0.5) is 0 Å². The van der Waals surface area contributed by atoms with E-state index in [4.69, 9.17) is 5.26 Å². The number of likely N-dealkylation sites (tertiary alicyclic amines) is 1. The van der Waals surface area contributed by atoms with Crippen molar-refractivity contribution in [2.75, 3.05) is 19.6 Å². The molecule has 0 atom stereocenters. The summed E-state index contributed by atoms with van der Waals surface area (Å²) in [5.74, 6) is 0.645. The van der Waals surface area contributed by atoms with Crippen molar-refractivity contribution in [3.8, 4) is 6.07 Å². The van der Waals surface area contributed by atoms with E-state index in [1.54, 1.807) is 0 Å². The van der Waals surface area contributed by atoms with E-state index in [2.05, 4.69) is 30.9 Å². The highest BCUT2D eigenvalue weighted by Crippen LogP contribution is 2.31. The predicted octanol–water partition coefficient (Wildman–Crippen LogP) is 3.07. The summed E-state index contributed by atoms with van der Waals surface area (Å²) in [6.45, 7) is 7.85. The summed E-state index contributed by atoms with van der Waals surface area (Å²) in [6, 6.07) is 8.42. The molecular formula is C15H20N2. The minimum atomic E-state index is 0.645. The Bertz CT molecular complexity index is 423. The van der Waals surface area contributed by atoms with Gasteiger partial charge in [-0.3, -0.25) is 0 Å². The van der Waals surface area contributed by atoms with Crippen LogP contribution in [0.1, 0.15) is 42.4 Å². The fraction of sp³-hybridized carbons (Fsp3) is 0.533. The summed E-state index contributed by atoms with van der Waals surface area (Å²) >= 11 is 0. The second-order valence-electron chi connectivity index (χ2n) is 4.84. The summed E-state index contributed by atoms with van der Waals surface area (Å²) in [5.41, 5.74) is 3.41. The zero-order chi connectivity index (χ0) is 12.3. The molecule has 2 heteroatoms. The van der Waals surface area contributed by atoms with Gasteiger partial charge in [0.25, 0.3) is 0 Å². The van der Waals surface area contributed by atoms with Crippen molar-refractivity contribution in [2.45, 2.75) is 32.6 Å². The number of hydrogen-bond donors (Lipinski definition) is 0. The molecule has 1 fully saturated rings. The first kappa shape index (κ1) is 12.1. The van der Waals surface area contributed by atoms with Gasteiger partial charge in [0.15, 0.2) is 0 Å². The first-order valence-corrected chi connectivity index (χ1v) is 6.48. The Hall–Kier alpha value is -1.33. The van der Waals surface area contributed by atoms with E-state index in [-0.39, 0.29) is 0 Å². The molecule has 0 unspecified atom stereocenters. The van der Waals surface area contributed by atoms with Crippen molar-refractivity contribution in [2.24, 2.45) is 0 Å². The second-order valence-corrected chi connectivity index (χ2v) is 4.84. The smallest absolute Gasteiger partial charge is 0.0994 e. The van der Waals surface area contributed by atoms with E-state index < -0.39 is 0 Å². The average molecular weight is 228 g/mol.